The quantitative estimate of drug-likeness (QED) is 0.634. The highest BCUT2D eigenvalue weighted by Gasteiger charge is 2.37. The summed E-state index contributed by atoms with van der Waals surface area (Å²) in [6.07, 6.45) is 0.774. The van der Waals surface area contributed by atoms with E-state index in [1.807, 2.05) is 30.3 Å². The third kappa shape index (κ3) is 6.05. The van der Waals surface area contributed by atoms with Gasteiger partial charge in [-0.25, -0.2) is 4.79 Å². The van der Waals surface area contributed by atoms with Crippen LogP contribution in [0, 0.1) is 0 Å². The largest absolute Gasteiger partial charge is 0.491 e. The summed E-state index contributed by atoms with van der Waals surface area (Å²) in [5.74, 6) is 0.109. The molecule has 9 nitrogen and oxygen atoms in total. The fourth-order valence-corrected chi connectivity index (χ4v) is 4.28. The Hall–Kier alpha value is -3.59. The Morgan fingerprint density at radius 2 is 2.00 bits per heavy atom. The molecule has 2 aliphatic rings. The summed E-state index contributed by atoms with van der Waals surface area (Å²) in [6.45, 7) is 1.10. The van der Waals surface area contributed by atoms with Crippen LogP contribution in [0.3, 0.4) is 0 Å². The van der Waals surface area contributed by atoms with E-state index in [0.717, 1.165) is 5.56 Å². The van der Waals surface area contributed by atoms with Crippen molar-refractivity contribution in [1.82, 2.24) is 15.5 Å². The molecule has 2 aliphatic heterocycles. The molecule has 34 heavy (non-hydrogen) atoms. The van der Waals surface area contributed by atoms with Crippen LogP contribution >= 0.6 is 0 Å². The third-order valence-corrected chi connectivity index (χ3v) is 6.03. The number of alkyl carbamates (subject to hydrolysis) is 1. The second-order valence-corrected chi connectivity index (χ2v) is 8.64. The number of ether oxygens (including phenoxy) is 2. The van der Waals surface area contributed by atoms with Crippen LogP contribution in [0.1, 0.15) is 35.2 Å². The summed E-state index contributed by atoms with van der Waals surface area (Å²) in [5, 5.41) is 5.57. The number of fused-ring (bicyclic) bond motifs is 3. The molecule has 0 aliphatic carbocycles. The summed E-state index contributed by atoms with van der Waals surface area (Å²) < 4.78 is 11.2. The van der Waals surface area contributed by atoms with Crippen molar-refractivity contribution >= 4 is 17.9 Å². The smallest absolute Gasteiger partial charge is 0.408 e. The highest BCUT2D eigenvalue weighted by Crippen LogP contribution is 2.22. The first-order valence-electron chi connectivity index (χ1n) is 11.5. The average molecular weight is 467 g/mol. The fourth-order valence-electron chi connectivity index (χ4n) is 4.28. The SMILES string of the molecule is N[C@H]1C[C@H]2COc3cccc(c3)C(=O)NCCC[C@H](NC(=O)OCc3ccccc3)C(=O)N2C1. The Bertz CT molecular complexity index is 1020. The minimum Gasteiger partial charge on any atom is -0.491 e. The van der Waals surface area contributed by atoms with E-state index in [-0.39, 0.29) is 37.1 Å². The summed E-state index contributed by atoms with van der Waals surface area (Å²) in [4.78, 5) is 40.1. The number of carbonyl (C=O) groups excluding carboxylic acids is 3. The third-order valence-electron chi connectivity index (χ3n) is 6.03. The Labute approximate surface area is 198 Å². The fraction of sp³-hybridized carbons (Fsp3) is 0.400. The van der Waals surface area contributed by atoms with Gasteiger partial charge in [0.25, 0.3) is 5.91 Å². The summed E-state index contributed by atoms with van der Waals surface area (Å²) in [5.41, 5.74) is 7.53. The number of hydrogen-bond donors (Lipinski definition) is 3. The number of nitrogens with one attached hydrogen (secondary N) is 2. The van der Waals surface area contributed by atoms with E-state index < -0.39 is 12.1 Å². The van der Waals surface area contributed by atoms with Crippen molar-refractivity contribution < 1.29 is 23.9 Å². The molecule has 2 aromatic rings. The van der Waals surface area contributed by atoms with Crippen molar-refractivity contribution in [3.05, 3.63) is 65.7 Å². The van der Waals surface area contributed by atoms with E-state index in [4.69, 9.17) is 15.2 Å². The standard InChI is InChI=1S/C25H30N4O5/c26-19-13-20-16-33-21-9-4-8-18(12-21)23(30)27-11-5-10-22(24(31)29(20)14-19)28-25(32)34-15-17-6-2-1-3-7-17/h1-4,6-9,12,19-20,22H,5,10-11,13-16,26H2,(H,27,30)(H,28,32)/t19-,20-,22-/m0/s1. The molecule has 4 rings (SSSR count). The minimum absolute atomic E-state index is 0.104. The molecule has 0 spiro atoms. The molecular formula is C25H30N4O5. The van der Waals surface area contributed by atoms with E-state index in [1.54, 1.807) is 29.2 Å². The van der Waals surface area contributed by atoms with Gasteiger partial charge >= 0.3 is 6.09 Å². The first kappa shape index (κ1) is 23.6. The lowest BCUT2D eigenvalue weighted by Crippen LogP contribution is -2.51. The average Bonchev–Trinajstić information content (AvgIpc) is 3.23. The van der Waals surface area contributed by atoms with E-state index in [0.29, 0.717) is 43.7 Å². The van der Waals surface area contributed by atoms with Crippen LogP contribution < -0.4 is 21.1 Å². The van der Waals surface area contributed by atoms with Gasteiger partial charge in [0.2, 0.25) is 5.91 Å². The van der Waals surface area contributed by atoms with Crippen molar-refractivity contribution in [2.45, 2.75) is 44.0 Å². The van der Waals surface area contributed by atoms with E-state index in [2.05, 4.69) is 10.6 Å². The van der Waals surface area contributed by atoms with Gasteiger partial charge in [0.05, 0.1) is 6.04 Å². The number of nitrogens with two attached hydrogens (primary N) is 1. The number of rotatable bonds is 3. The molecule has 3 amide bonds. The number of carbonyl (C=O) groups is 3. The lowest BCUT2D eigenvalue weighted by atomic mass is 10.1. The van der Waals surface area contributed by atoms with Crippen molar-refractivity contribution in [2.75, 3.05) is 19.7 Å². The first-order chi connectivity index (χ1) is 16.5. The predicted octanol–water partition coefficient (Wildman–Crippen LogP) is 1.81. The Balaban J connectivity index is 1.47. The maximum absolute atomic E-state index is 13.5. The van der Waals surface area contributed by atoms with E-state index in [9.17, 15) is 14.4 Å². The van der Waals surface area contributed by atoms with Gasteiger partial charge in [0.1, 0.15) is 25.0 Å². The van der Waals surface area contributed by atoms with Crippen LogP contribution in [-0.2, 0) is 16.1 Å². The summed E-state index contributed by atoms with van der Waals surface area (Å²) in [7, 11) is 0. The molecule has 3 atom stereocenters. The molecule has 0 unspecified atom stereocenters. The summed E-state index contributed by atoms with van der Waals surface area (Å²) in [6, 6.07) is 15.1. The molecule has 2 aromatic carbocycles. The highest BCUT2D eigenvalue weighted by atomic mass is 16.5. The molecule has 0 saturated carbocycles. The van der Waals surface area contributed by atoms with Gasteiger partial charge < -0.3 is 30.7 Å². The molecule has 9 heteroatoms. The number of benzene rings is 2. The predicted molar refractivity (Wildman–Crippen MR) is 125 cm³/mol. The zero-order chi connectivity index (χ0) is 23.9. The molecule has 2 heterocycles. The van der Waals surface area contributed by atoms with Crippen LogP contribution in [0.15, 0.2) is 54.6 Å². The van der Waals surface area contributed by atoms with Crippen molar-refractivity contribution in [1.29, 1.82) is 0 Å². The number of nitrogens with zero attached hydrogens (tertiary/aromatic N) is 1. The van der Waals surface area contributed by atoms with Crippen LogP contribution in [0.5, 0.6) is 5.75 Å². The van der Waals surface area contributed by atoms with Crippen LogP contribution in [0.25, 0.3) is 0 Å². The molecule has 180 valence electrons. The van der Waals surface area contributed by atoms with Gasteiger partial charge in [-0.15, -0.1) is 0 Å². The molecular weight excluding hydrogens is 436 g/mol. The van der Waals surface area contributed by atoms with Crippen LogP contribution in [-0.4, -0.2) is 60.6 Å². The zero-order valence-electron chi connectivity index (χ0n) is 18.9. The lowest BCUT2D eigenvalue weighted by molar-refractivity contribution is -0.135. The van der Waals surface area contributed by atoms with E-state index >= 15 is 0 Å². The zero-order valence-corrected chi connectivity index (χ0v) is 18.9. The lowest BCUT2D eigenvalue weighted by Gasteiger charge is -2.29. The second kappa shape index (κ2) is 11.0. The minimum atomic E-state index is -0.797. The maximum atomic E-state index is 13.5. The highest BCUT2D eigenvalue weighted by molar-refractivity contribution is 5.94. The molecule has 0 aromatic heterocycles. The second-order valence-electron chi connectivity index (χ2n) is 8.64. The topological polar surface area (TPSA) is 123 Å². The normalized spacial score (nSPS) is 23.2. The van der Waals surface area contributed by atoms with Gasteiger partial charge in [-0.05, 0) is 43.0 Å². The number of amides is 3. The van der Waals surface area contributed by atoms with Gasteiger partial charge in [0.15, 0.2) is 0 Å². The van der Waals surface area contributed by atoms with Gasteiger partial charge in [0, 0.05) is 24.7 Å². The van der Waals surface area contributed by atoms with Crippen LogP contribution in [0.4, 0.5) is 4.79 Å². The van der Waals surface area contributed by atoms with Gasteiger partial charge in [-0.2, -0.15) is 0 Å². The molecule has 1 saturated heterocycles. The number of hydrogen-bond acceptors (Lipinski definition) is 6. The van der Waals surface area contributed by atoms with Crippen molar-refractivity contribution in [3.63, 3.8) is 0 Å². The monoisotopic (exact) mass is 466 g/mol. The first-order valence-corrected chi connectivity index (χ1v) is 11.5. The summed E-state index contributed by atoms with van der Waals surface area (Å²) >= 11 is 0. The Kier molecular flexibility index (Phi) is 7.64. The van der Waals surface area contributed by atoms with Crippen molar-refractivity contribution in [2.24, 2.45) is 5.73 Å². The molecule has 2 bridgehead atoms. The van der Waals surface area contributed by atoms with Gasteiger partial charge in [-0.1, -0.05) is 36.4 Å². The Morgan fingerprint density at radius 1 is 1.18 bits per heavy atom. The van der Waals surface area contributed by atoms with E-state index in [1.165, 1.54) is 0 Å². The van der Waals surface area contributed by atoms with Crippen LogP contribution in [0.2, 0.25) is 0 Å². The Morgan fingerprint density at radius 3 is 2.82 bits per heavy atom. The maximum Gasteiger partial charge on any atom is 0.408 e. The molecule has 1 fully saturated rings. The molecule has 0 radical (unpaired) electrons. The van der Waals surface area contributed by atoms with Crippen molar-refractivity contribution in [3.8, 4) is 5.75 Å². The molecule has 4 N–H and O–H groups in total. The van der Waals surface area contributed by atoms with Gasteiger partial charge in [-0.3, -0.25) is 9.59 Å².